The van der Waals surface area contributed by atoms with Gasteiger partial charge in [-0.1, -0.05) is 166 Å². The number of aliphatic hydroxyl groups is 1. The summed E-state index contributed by atoms with van der Waals surface area (Å²) in [7, 11) is 1.61. The molecule has 0 aromatic carbocycles. The Morgan fingerprint density at radius 1 is 0.642 bits per heavy atom. The summed E-state index contributed by atoms with van der Waals surface area (Å²) in [5.41, 5.74) is 0. The lowest BCUT2D eigenvalue weighted by Gasteiger charge is -2.26. The Bertz CT molecular complexity index is 964. The van der Waals surface area contributed by atoms with Crippen molar-refractivity contribution in [2.75, 3.05) is 40.9 Å². The summed E-state index contributed by atoms with van der Waals surface area (Å²) in [5, 5.41) is 13.7. The summed E-state index contributed by atoms with van der Waals surface area (Å²) in [5.74, 6) is -0.157. The van der Waals surface area contributed by atoms with Crippen LogP contribution in [0, 0.1) is 0 Å². The van der Waals surface area contributed by atoms with Crippen molar-refractivity contribution in [1.29, 1.82) is 0 Å². The molecular formula is C44H86N2O6P+. The fourth-order valence-corrected chi connectivity index (χ4v) is 6.85. The molecule has 0 aliphatic heterocycles. The normalized spacial score (nSPS) is 14.8. The first-order chi connectivity index (χ1) is 25.5. The van der Waals surface area contributed by atoms with E-state index in [-0.39, 0.29) is 19.1 Å². The summed E-state index contributed by atoms with van der Waals surface area (Å²) in [6.45, 7) is 4.74. The quantitative estimate of drug-likeness (QED) is 0.0249. The molecule has 3 atom stereocenters. The Balaban J connectivity index is 3.93. The Labute approximate surface area is 327 Å². The molecule has 0 bridgehead atoms. The minimum absolute atomic E-state index is 0.0725. The number of aliphatic hydroxyl groups excluding tert-OH is 1. The number of amides is 1. The van der Waals surface area contributed by atoms with Crippen LogP contribution in [0.15, 0.2) is 36.5 Å². The molecule has 0 saturated heterocycles. The molecule has 1 amide bonds. The topological polar surface area (TPSA) is 105 Å². The van der Waals surface area contributed by atoms with Crippen molar-refractivity contribution >= 4 is 13.7 Å². The predicted molar refractivity (Wildman–Crippen MR) is 226 cm³/mol. The molecule has 0 heterocycles. The molecule has 0 radical (unpaired) electrons. The molecule has 0 saturated carbocycles. The van der Waals surface area contributed by atoms with Crippen molar-refractivity contribution in [3.8, 4) is 0 Å². The number of quaternary nitrogens is 1. The maximum Gasteiger partial charge on any atom is 0.472 e. The molecule has 0 fully saturated rings. The molecule has 0 rings (SSSR count). The van der Waals surface area contributed by atoms with E-state index in [1.165, 1.54) is 103 Å². The molecular weight excluding hydrogens is 683 g/mol. The highest BCUT2D eigenvalue weighted by Gasteiger charge is 2.28. The highest BCUT2D eigenvalue weighted by atomic mass is 31.2. The van der Waals surface area contributed by atoms with Gasteiger partial charge in [0.25, 0.3) is 0 Å². The van der Waals surface area contributed by atoms with E-state index in [1.807, 2.05) is 21.1 Å². The molecule has 53 heavy (non-hydrogen) atoms. The monoisotopic (exact) mass is 770 g/mol. The van der Waals surface area contributed by atoms with E-state index in [9.17, 15) is 19.4 Å². The van der Waals surface area contributed by atoms with Crippen LogP contribution in [0.1, 0.15) is 187 Å². The number of hydrogen-bond acceptors (Lipinski definition) is 5. The van der Waals surface area contributed by atoms with E-state index in [2.05, 4.69) is 55.6 Å². The van der Waals surface area contributed by atoms with Crippen LogP contribution < -0.4 is 5.32 Å². The first-order valence-electron chi connectivity index (χ1n) is 21.9. The number of phosphoric ester groups is 1. The zero-order chi connectivity index (χ0) is 39.3. The van der Waals surface area contributed by atoms with Crippen molar-refractivity contribution in [2.45, 2.75) is 199 Å². The summed E-state index contributed by atoms with van der Waals surface area (Å²) in [6.07, 6.45) is 43.8. The van der Waals surface area contributed by atoms with Crippen molar-refractivity contribution in [2.24, 2.45) is 0 Å². The maximum absolute atomic E-state index is 12.7. The second kappa shape index (κ2) is 36.4. The minimum Gasteiger partial charge on any atom is -0.391 e. The lowest BCUT2D eigenvalue weighted by Crippen LogP contribution is -2.46. The Morgan fingerprint density at radius 2 is 1.08 bits per heavy atom. The van der Waals surface area contributed by atoms with Crippen LogP contribution in [-0.2, 0) is 18.4 Å². The molecule has 0 spiro atoms. The molecule has 0 aromatic rings. The number of unbranched alkanes of at least 4 members (excludes halogenated alkanes) is 20. The van der Waals surface area contributed by atoms with Crippen LogP contribution in [0.25, 0.3) is 0 Å². The Hall–Kier alpha value is -1.28. The van der Waals surface area contributed by atoms with Gasteiger partial charge in [0.1, 0.15) is 13.2 Å². The summed E-state index contributed by atoms with van der Waals surface area (Å²) < 4.78 is 23.3. The van der Waals surface area contributed by atoms with E-state index in [1.54, 1.807) is 0 Å². The largest absolute Gasteiger partial charge is 0.472 e. The zero-order valence-electron chi connectivity index (χ0n) is 35.3. The SMILES string of the molecule is CCCCCCC/C=C\C/C=C\C/C=C\CCCCCCCCCCCCCCC(=O)NC(COP(=O)(O)OCC[N+](C)(C)C)C(O)CCCCCC. The number of rotatable bonds is 39. The van der Waals surface area contributed by atoms with Gasteiger partial charge < -0.3 is 19.8 Å². The maximum atomic E-state index is 12.7. The lowest BCUT2D eigenvalue weighted by molar-refractivity contribution is -0.870. The van der Waals surface area contributed by atoms with Crippen molar-refractivity contribution in [3.05, 3.63) is 36.5 Å². The van der Waals surface area contributed by atoms with Crippen molar-refractivity contribution in [3.63, 3.8) is 0 Å². The predicted octanol–water partition coefficient (Wildman–Crippen LogP) is 11.9. The molecule has 312 valence electrons. The van der Waals surface area contributed by atoms with Gasteiger partial charge in [0.15, 0.2) is 0 Å². The summed E-state index contributed by atoms with van der Waals surface area (Å²) in [6, 6.07) is -0.756. The number of nitrogens with zero attached hydrogens (tertiary/aromatic N) is 1. The number of nitrogens with one attached hydrogen (secondary N) is 1. The van der Waals surface area contributed by atoms with Crippen LogP contribution in [0.4, 0.5) is 0 Å². The number of carbonyl (C=O) groups is 1. The number of allylic oxidation sites excluding steroid dienone is 6. The van der Waals surface area contributed by atoms with Crippen LogP contribution in [0.5, 0.6) is 0 Å². The minimum atomic E-state index is -4.29. The first kappa shape index (κ1) is 51.7. The molecule has 8 nitrogen and oxygen atoms in total. The van der Waals surface area contributed by atoms with Crippen molar-refractivity contribution < 1.29 is 32.9 Å². The van der Waals surface area contributed by atoms with E-state index in [0.29, 0.717) is 23.9 Å². The number of carbonyl (C=O) groups excluding carboxylic acids is 1. The summed E-state index contributed by atoms with van der Waals surface area (Å²) >= 11 is 0. The summed E-state index contributed by atoms with van der Waals surface area (Å²) in [4.78, 5) is 22.9. The second-order valence-corrected chi connectivity index (χ2v) is 17.5. The lowest BCUT2D eigenvalue weighted by atomic mass is 10.0. The van der Waals surface area contributed by atoms with E-state index < -0.39 is 20.0 Å². The smallest absolute Gasteiger partial charge is 0.391 e. The average Bonchev–Trinajstić information content (AvgIpc) is 3.10. The third-order valence-corrected chi connectivity index (χ3v) is 10.6. The molecule has 0 aliphatic carbocycles. The van der Waals surface area contributed by atoms with Gasteiger partial charge in [-0.3, -0.25) is 13.8 Å². The fraction of sp³-hybridized carbons (Fsp3) is 0.841. The third-order valence-electron chi connectivity index (χ3n) is 9.64. The molecule has 0 aromatic heterocycles. The van der Waals surface area contributed by atoms with Crippen LogP contribution in [0.2, 0.25) is 0 Å². The number of likely N-dealkylation sites (N-methyl/N-ethyl adjacent to an activating group) is 1. The highest BCUT2D eigenvalue weighted by Crippen LogP contribution is 2.43. The van der Waals surface area contributed by atoms with Gasteiger partial charge in [-0.15, -0.1) is 0 Å². The van der Waals surface area contributed by atoms with Gasteiger partial charge >= 0.3 is 7.82 Å². The van der Waals surface area contributed by atoms with Gasteiger partial charge in [0, 0.05) is 6.42 Å². The standard InChI is InChI=1S/C44H85N2O6P/c1-6-8-10-12-13-14-15-16-17-18-19-20-21-22-23-24-25-26-27-28-29-30-31-32-33-34-36-38-44(48)45-42(43(47)37-35-11-9-7-2)41-52-53(49,50)51-40-39-46(3,4)5/h15-16,18-19,21-22,42-43,47H,6-14,17,20,23-41H2,1-5H3,(H-,45,48,49,50)/p+1/b16-15-,19-18-,22-21-. The van der Waals surface area contributed by atoms with E-state index >= 15 is 0 Å². The molecule has 3 unspecified atom stereocenters. The van der Waals surface area contributed by atoms with Crippen LogP contribution in [-0.4, -0.2) is 73.4 Å². The number of phosphoric acid groups is 1. The number of hydrogen-bond donors (Lipinski definition) is 3. The molecule has 3 N–H and O–H groups in total. The molecule has 9 heteroatoms. The fourth-order valence-electron chi connectivity index (χ4n) is 6.11. The third kappa shape index (κ3) is 38.8. The first-order valence-corrected chi connectivity index (χ1v) is 23.3. The second-order valence-electron chi connectivity index (χ2n) is 16.1. The van der Waals surface area contributed by atoms with E-state index in [4.69, 9.17) is 9.05 Å². The Kier molecular flexibility index (Phi) is 35.5. The van der Waals surface area contributed by atoms with Crippen LogP contribution in [0.3, 0.4) is 0 Å². The van der Waals surface area contributed by atoms with Gasteiger partial charge in [0.2, 0.25) is 5.91 Å². The molecule has 0 aliphatic rings. The van der Waals surface area contributed by atoms with Gasteiger partial charge in [-0.2, -0.15) is 0 Å². The average molecular weight is 770 g/mol. The van der Waals surface area contributed by atoms with E-state index in [0.717, 1.165) is 57.8 Å². The zero-order valence-corrected chi connectivity index (χ0v) is 36.1. The highest BCUT2D eigenvalue weighted by molar-refractivity contribution is 7.47. The van der Waals surface area contributed by atoms with Gasteiger partial charge in [0.05, 0.1) is 39.9 Å². The van der Waals surface area contributed by atoms with Gasteiger partial charge in [-0.05, 0) is 51.4 Å². The van der Waals surface area contributed by atoms with Crippen LogP contribution >= 0.6 is 7.82 Å². The Morgan fingerprint density at radius 3 is 1.57 bits per heavy atom. The van der Waals surface area contributed by atoms with Crippen molar-refractivity contribution in [1.82, 2.24) is 5.32 Å². The van der Waals surface area contributed by atoms with Gasteiger partial charge in [-0.25, -0.2) is 4.57 Å².